The predicted octanol–water partition coefficient (Wildman–Crippen LogP) is 0.361. The van der Waals surface area contributed by atoms with Gasteiger partial charge in [0.2, 0.25) is 0 Å². The summed E-state index contributed by atoms with van der Waals surface area (Å²) >= 11 is 0. The normalized spacial score (nSPS) is 21.9. The van der Waals surface area contributed by atoms with Gasteiger partial charge in [-0.3, -0.25) is 4.84 Å². The average Bonchev–Trinajstić information content (AvgIpc) is 2.38. The Morgan fingerprint density at radius 3 is 2.70 bits per heavy atom. The van der Waals surface area contributed by atoms with Crippen molar-refractivity contribution in [1.29, 1.82) is 0 Å². The molecule has 1 fully saturated rings. The zero-order valence-corrected chi connectivity index (χ0v) is 6.76. The van der Waals surface area contributed by atoms with Gasteiger partial charge < -0.3 is 5.73 Å². The van der Waals surface area contributed by atoms with Crippen molar-refractivity contribution in [3.63, 3.8) is 0 Å². The van der Waals surface area contributed by atoms with Crippen LogP contribution in [0.2, 0.25) is 0 Å². The van der Waals surface area contributed by atoms with Gasteiger partial charge in [0.15, 0.2) is 0 Å². The molecule has 1 rings (SSSR count). The van der Waals surface area contributed by atoms with Crippen LogP contribution in [0, 0.1) is 0 Å². The van der Waals surface area contributed by atoms with Crippen molar-refractivity contribution in [2.75, 3.05) is 19.7 Å². The molecule has 3 nitrogen and oxygen atoms in total. The van der Waals surface area contributed by atoms with Gasteiger partial charge in [0.25, 0.3) is 0 Å². The van der Waals surface area contributed by atoms with E-state index in [1.54, 1.807) is 0 Å². The highest BCUT2D eigenvalue weighted by molar-refractivity contribution is 4.79. The van der Waals surface area contributed by atoms with Crippen molar-refractivity contribution in [3.05, 3.63) is 0 Å². The summed E-state index contributed by atoms with van der Waals surface area (Å²) in [6.07, 6.45) is 1.13. The third-order valence-electron chi connectivity index (χ3n) is 1.93. The van der Waals surface area contributed by atoms with Gasteiger partial charge >= 0.3 is 0 Å². The molecule has 0 aliphatic carbocycles. The first-order valence-corrected chi connectivity index (χ1v) is 3.77. The number of hydroxylamine groups is 2. The number of nitrogens with zero attached hydrogens (tertiary/aromatic N) is 1. The molecular formula is C7H16N2O. The largest absolute Gasteiger partial charge is 0.329 e. The monoisotopic (exact) mass is 144 g/mol. The first-order valence-electron chi connectivity index (χ1n) is 3.77. The summed E-state index contributed by atoms with van der Waals surface area (Å²) in [5.41, 5.74) is 5.57. The molecule has 60 valence electrons. The molecule has 2 N–H and O–H groups in total. The smallest absolute Gasteiger partial charge is 0.0698 e. The Labute approximate surface area is 62.1 Å². The molecule has 1 heterocycles. The maximum Gasteiger partial charge on any atom is 0.0698 e. The summed E-state index contributed by atoms with van der Waals surface area (Å²) in [5, 5.41) is 1.98. The summed E-state index contributed by atoms with van der Waals surface area (Å²) in [6, 6.07) is 0. The van der Waals surface area contributed by atoms with E-state index >= 15 is 0 Å². The fourth-order valence-corrected chi connectivity index (χ4v) is 1.03. The van der Waals surface area contributed by atoms with E-state index in [4.69, 9.17) is 10.6 Å². The Kier molecular flexibility index (Phi) is 2.28. The Morgan fingerprint density at radius 1 is 1.60 bits per heavy atom. The number of nitrogens with two attached hydrogens (primary N) is 1. The van der Waals surface area contributed by atoms with Crippen LogP contribution >= 0.6 is 0 Å². The molecule has 0 radical (unpaired) electrons. The van der Waals surface area contributed by atoms with E-state index in [1.165, 1.54) is 0 Å². The van der Waals surface area contributed by atoms with Gasteiger partial charge in [0, 0.05) is 13.1 Å². The van der Waals surface area contributed by atoms with Gasteiger partial charge in [-0.2, -0.15) is 5.06 Å². The van der Waals surface area contributed by atoms with Crippen LogP contribution in [0.3, 0.4) is 0 Å². The van der Waals surface area contributed by atoms with Crippen LogP contribution < -0.4 is 5.73 Å². The van der Waals surface area contributed by atoms with Gasteiger partial charge in [-0.05, 0) is 20.3 Å². The molecule has 3 heteroatoms. The highest BCUT2D eigenvalue weighted by Gasteiger charge is 2.28. The van der Waals surface area contributed by atoms with Crippen molar-refractivity contribution in [2.45, 2.75) is 25.8 Å². The molecular weight excluding hydrogens is 128 g/mol. The topological polar surface area (TPSA) is 38.5 Å². The number of hydrogen-bond acceptors (Lipinski definition) is 3. The standard InChI is InChI=1S/C7H16N2O/c1-7(2,6-8)9-4-3-5-10-9/h3-6,8H2,1-2H3. The Bertz CT molecular complexity index is 108. The van der Waals surface area contributed by atoms with E-state index < -0.39 is 0 Å². The van der Waals surface area contributed by atoms with E-state index in [9.17, 15) is 0 Å². The zero-order chi connectivity index (χ0) is 7.61. The van der Waals surface area contributed by atoms with Crippen LogP contribution in [0.1, 0.15) is 20.3 Å². The van der Waals surface area contributed by atoms with Crippen LogP contribution in [-0.2, 0) is 4.84 Å². The van der Waals surface area contributed by atoms with E-state index in [2.05, 4.69) is 13.8 Å². The fourth-order valence-electron chi connectivity index (χ4n) is 1.03. The highest BCUT2D eigenvalue weighted by atomic mass is 16.7. The van der Waals surface area contributed by atoms with Crippen molar-refractivity contribution >= 4 is 0 Å². The predicted molar refractivity (Wildman–Crippen MR) is 40.4 cm³/mol. The van der Waals surface area contributed by atoms with Crippen molar-refractivity contribution in [2.24, 2.45) is 5.73 Å². The van der Waals surface area contributed by atoms with E-state index in [0.717, 1.165) is 19.6 Å². The molecule has 10 heavy (non-hydrogen) atoms. The van der Waals surface area contributed by atoms with Gasteiger partial charge in [-0.15, -0.1) is 0 Å². The summed E-state index contributed by atoms with van der Waals surface area (Å²) in [5.74, 6) is 0. The Morgan fingerprint density at radius 2 is 2.30 bits per heavy atom. The molecule has 0 saturated carbocycles. The summed E-state index contributed by atoms with van der Waals surface area (Å²) in [4.78, 5) is 5.36. The average molecular weight is 144 g/mol. The van der Waals surface area contributed by atoms with Crippen molar-refractivity contribution in [3.8, 4) is 0 Å². The molecule has 1 aliphatic heterocycles. The van der Waals surface area contributed by atoms with Gasteiger partial charge in [-0.25, -0.2) is 0 Å². The van der Waals surface area contributed by atoms with Crippen molar-refractivity contribution in [1.82, 2.24) is 5.06 Å². The molecule has 0 atom stereocenters. The summed E-state index contributed by atoms with van der Waals surface area (Å²) in [6.45, 7) is 6.71. The molecule has 1 saturated heterocycles. The molecule has 0 unspecified atom stereocenters. The summed E-state index contributed by atoms with van der Waals surface area (Å²) in [7, 11) is 0. The number of hydrogen-bond donors (Lipinski definition) is 1. The molecule has 0 aromatic rings. The second-order valence-electron chi connectivity index (χ2n) is 3.31. The van der Waals surface area contributed by atoms with Crippen LogP contribution in [0.4, 0.5) is 0 Å². The zero-order valence-electron chi connectivity index (χ0n) is 6.76. The fraction of sp³-hybridized carbons (Fsp3) is 1.00. The maximum absolute atomic E-state index is 5.56. The lowest BCUT2D eigenvalue weighted by atomic mass is 10.1. The molecule has 0 amide bonds. The SMILES string of the molecule is CC(C)(CN)N1CCCO1. The van der Waals surface area contributed by atoms with Crippen LogP contribution in [-0.4, -0.2) is 30.3 Å². The summed E-state index contributed by atoms with van der Waals surface area (Å²) < 4.78 is 0. The van der Waals surface area contributed by atoms with E-state index in [-0.39, 0.29) is 5.54 Å². The molecule has 1 aliphatic rings. The van der Waals surface area contributed by atoms with Gasteiger partial charge in [-0.1, -0.05) is 0 Å². The van der Waals surface area contributed by atoms with Crippen molar-refractivity contribution < 1.29 is 4.84 Å². The third-order valence-corrected chi connectivity index (χ3v) is 1.93. The number of rotatable bonds is 2. The third kappa shape index (κ3) is 1.48. The second kappa shape index (κ2) is 2.86. The Hall–Kier alpha value is -0.120. The second-order valence-corrected chi connectivity index (χ2v) is 3.31. The lowest BCUT2D eigenvalue weighted by Crippen LogP contribution is -2.46. The molecule has 0 aromatic heterocycles. The lowest BCUT2D eigenvalue weighted by Gasteiger charge is -2.32. The quantitative estimate of drug-likeness (QED) is 0.608. The van der Waals surface area contributed by atoms with Gasteiger partial charge in [0.05, 0.1) is 12.1 Å². The first kappa shape index (κ1) is 7.98. The van der Waals surface area contributed by atoms with Crippen LogP contribution in [0.25, 0.3) is 0 Å². The molecule has 0 bridgehead atoms. The Balaban J connectivity index is 2.45. The molecule has 0 aromatic carbocycles. The van der Waals surface area contributed by atoms with Crippen LogP contribution in [0.5, 0.6) is 0 Å². The van der Waals surface area contributed by atoms with E-state index in [1.807, 2.05) is 5.06 Å². The lowest BCUT2D eigenvalue weighted by molar-refractivity contribution is -0.169. The van der Waals surface area contributed by atoms with Crippen LogP contribution in [0.15, 0.2) is 0 Å². The minimum atomic E-state index is 0.0104. The van der Waals surface area contributed by atoms with E-state index in [0.29, 0.717) is 6.54 Å². The first-order chi connectivity index (χ1) is 4.67. The van der Waals surface area contributed by atoms with Gasteiger partial charge in [0.1, 0.15) is 0 Å². The maximum atomic E-state index is 5.56. The molecule has 0 spiro atoms. The minimum absolute atomic E-state index is 0.0104. The minimum Gasteiger partial charge on any atom is -0.329 e. The highest BCUT2D eigenvalue weighted by Crippen LogP contribution is 2.17.